The van der Waals surface area contributed by atoms with Gasteiger partial charge in [0, 0.05) is 11.1 Å². The van der Waals surface area contributed by atoms with Crippen molar-refractivity contribution in [2.75, 3.05) is 0 Å². The fourth-order valence-electron chi connectivity index (χ4n) is 1.45. The molecule has 0 aromatic heterocycles. The summed E-state index contributed by atoms with van der Waals surface area (Å²) in [7, 11) is 0. The van der Waals surface area contributed by atoms with Gasteiger partial charge in [-0.2, -0.15) is 0 Å². The van der Waals surface area contributed by atoms with E-state index in [1.54, 1.807) is 48.5 Å². The molecule has 18 heavy (non-hydrogen) atoms. The topological polar surface area (TPSA) is 52.1 Å². The average molecular weight is 240 g/mol. The molecule has 0 heterocycles. The highest BCUT2D eigenvalue weighted by Crippen LogP contribution is 1.96. The molecule has 90 valence electrons. The maximum atomic E-state index is 11.6. The Balaban J connectivity index is 2.21. The third-order valence-corrected chi connectivity index (χ3v) is 2.31. The van der Waals surface area contributed by atoms with Crippen molar-refractivity contribution in [3.8, 4) is 0 Å². The van der Waals surface area contributed by atoms with Crippen LogP contribution in [-0.2, 0) is 0 Å². The van der Waals surface area contributed by atoms with Crippen LogP contribution >= 0.6 is 0 Å². The Kier molecular flexibility index (Phi) is 3.71. The van der Waals surface area contributed by atoms with Gasteiger partial charge in [-0.15, -0.1) is 0 Å². The predicted molar refractivity (Wildman–Crippen MR) is 70.5 cm³/mol. The Labute approximate surface area is 105 Å². The molecule has 4 nitrogen and oxygen atoms in total. The zero-order valence-electron chi connectivity index (χ0n) is 9.64. The van der Waals surface area contributed by atoms with E-state index in [9.17, 15) is 10.4 Å². The van der Waals surface area contributed by atoms with Crippen LogP contribution in [0.1, 0.15) is 11.1 Å². The van der Waals surface area contributed by atoms with Crippen LogP contribution in [-0.4, -0.2) is 22.1 Å². The molecular formula is C14H12N2O2. The molecule has 0 amide bonds. The van der Waals surface area contributed by atoms with Crippen LogP contribution in [0.15, 0.2) is 60.7 Å². The summed E-state index contributed by atoms with van der Waals surface area (Å²) in [6.45, 7) is 0. The SMILES string of the molecule is [O-][N+](=Cc1ccccc1)[N+]([O-])=Cc1ccccc1. The Morgan fingerprint density at radius 2 is 0.944 bits per heavy atom. The van der Waals surface area contributed by atoms with Crippen LogP contribution in [0, 0.1) is 10.4 Å². The fourth-order valence-corrected chi connectivity index (χ4v) is 1.45. The van der Waals surface area contributed by atoms with Gasteiger partial charge >= 0.3 is 0 Å². The van der Waals surface area contributed by atoms with Crippen molar-refractivity contribution in [3.05, 3.63) is 82.2 Å². The number of rotatable bonds is 3. The van der Waals surface area contributed by atoms with E-state index >= 15 is 0 Å². The highest BCUT2D eigenvalue weighted by atomic mass is 16.7. The minimum Gasteiger partial charge on any atom is -0.561 e. The van der Waals surface area contributed by atoms with Crippen molar-refractivity contribution in [2.24, 2.45) is 0 Å². The quantitative estimate of drug-likeness (QED) is 0.357. The number of hydrogen-bond donors (Lipinski definition) is 0. The molecule has 2 rings (SSSR count). The standard InChI is InChI=1S/C14H12N2O2/c17-15(11-13-7-3-1-4-8-13)16(18)12-14-9-5-2-6-10-14/h1-12H. The fraction of sp³-hybridized carbons (Fsp3) is 0. The minimum absolute atomic E-state index is 0.252. The molecular weight excluding hydrogens is 228 g/mol. The predicted octanol–water partition coefficient (Wildman–Crippen LogP) is 2.16. The van der Waals surface area contributed by atoms with Gasteiger partial charge < -0.3 is 10.4 Å². The molecule has 0 radical (unpaired) electrons. The molecule has 0 saturated carbocycles. The molecule has 2 aromatic rings. The molecule has 0 saturated heterocycles. The normalized spacial score (nSPS) is 12.4. The van der Waals surface area contributed by atoms with Crippen molar-refractivity contribution in [3.63, 3.8) is 0 Å². The molecule has 0 aliphatic rings. The van der Waals surface area contributed by atoms with E-state index in [0.29, 0.717) is 11.1 Å². The maximum absolute atomic E-state index is 11.6. The highest BCUT2D eigenvalue weighted by molar-refractivity contribution is 5.76. The second-order valence-electron chi connectivity index (χ2n) is 3.68. The largest absolute Gasteiger partial charge is 0.561 e. The summed E-state index contributed by atoms with van der Waals surface area (Å²) in [6, 6.07) is 17.9. The van der Waals surface area contributed by atoms with E-state index in [1.165, 1.54) is 12.4 Å². The monoisotopic (exact) mass is 240 g/mol. The first-order valence-electron chi connectivity index (χ1n) is 5.48. The first kappa shape index (κ1) is 11.9. The van der Waals surface area contributed by atoms with Gasteiger partial charge in [0.05, 0.1) is 9.70 Å². The van der Waals surface area contributed by atoms with Crippen molar-refractivity contribution >= 4 is 12.4 Å². The molecule has 0 N–H and O–H groups in total. The number of hydrazone groups is 2. The minimum atomic E-state index is 0.252. The first-order valence-corrected chi connectivity index (χ1v) is 5.48. The van der Waals surface area contributed by atoms with E-state index in [1.807, 2.05) is 12.1 Å². The summed E-state index contributed by atoms with van der Waals surface area (Å²) in [5.74, 6) is 0. The molecule has 0 fully saturated rings. The summed E-state index contributed by atoms with van der Waals surface area (Å²) in [6.07, 6.45) is 2.46. The zero-order chi connectivity index (χ0) is 12.8. The van der Waals surface area contributed by atoms with Crippen LogP contribution in [0.25, 0.3) is 0 Å². The molecule has 0 unspecified atom stereocenters. The summed E-state index contributed by atoms with van der Waals surface area (Å²) >= 11 is 0. The summed E-state index contributed by atoms with van der Waals surface area (Å²) in [5.41, 5.74) is 1.35. The molecule has 0 aliphatic carbocycles. The Bertz CT molecular complexity index is 509. The van der Waals surface area contributed by atoms with E-state index in [0.717, 1.165) is 0 Å². The van der Waals surface area contributed by atoms with Crippen LogP contribution in [0.4, 0.5) is 0 Å². The first-order chi connectivity index (χ1) is 8.75. The van der Waals surface area contributed by atoms with Crippen LogP contribution in [0.2, 0.25) is 0 Å². The van der Waals surface area contributed by atoms with Gasteiger partial charge in [-0.1, -0.05) is 36.4 Å². The Hall–Kier alpha value is -2.62. The van der Waals surface area contributed by atoms with Crippen molar-refractivity contribution in [1.82, 2.24) is 0 Å². The van der Waals surface area contributed by atoms with Crippen LogP contribution in [0.5, 0.6) is 0 Å². The van der Waals surface area contributed by atoms with Gasteiger partial charge in [-0.3, -0.25) is 0 Å². The molecule has 4 heteroatoms. The number of benzene rings is 2. The molecule has 0 bridgehead atoms. The van der Waals surface area contributed by atoms with Crippen molar-refractivity contribution in [2.45, 2.75) is 0 Å². The molecule has 0 aliphatic heterocycles. The Morgan fingerprint density at radius 1 is 0.611 bits per heavy atom. The van der Waals surface area contributed by atoms with Gasteiger partial charge in [0.15, 0.2) is 0 Å². The Morgan fingerprint density at radius 3 is 1.28 bits per heavy atom. The third-order valence-electron chi connectivity index (χ3n) is 2.31. The van der Waals surface area contributed by atoms with E-state index < -0.39 is 0 Å². The lowest BCUT2D eigenvalue weighted by atomic mass is 10.2. The van der Waals surface area contributed by atoms with Crippen LogP contribution < -0.4 is 0 Å². The van der Waals surface area contributed by atoms with Crippen molar-refractivity contribution < 1.29 is 9.70 Å². The van der Waals surface area contributed by atoms with Gasteiger partial charge in [0.2, 0.25) is 0 Å². The zero-order valence-corrected chi connectivity index (χ0v) is 9.64. The highest BCUT2D eigenvalue weighted by Gasteiger charge is 2.03. The summed E-state index contributed by atoms with van der Waals surface area (Å²) in [4.78, 5) is 0.505. The second kappa shape index (κ2) is 5.63. The lowest BCUT2D eigenvalue weighted by Gasteiger charge is -1.99. The lowest BCUT2D eigenvalue weighted by Crippen LogP contribution is -2.18. The van der Waals surface area contributed by atoms with Gasteiger partial charge in [0.25, 0.3) is 12.4 Å². The summed E-state index contributed by atoms with van der Waals surface area (Å²) in [5, 5.41) is 23.1. The number of hydrazine groups is 1. The number of nitrogens with zero attached hydrogens (tertiary/aromatic N) is 2. The van der Waals surface area contributed by atoms with Gasteiger partial charge in [0.1, 0.15) is 0 Å². The third kappa shape index (κ3) is 3.18. The van der Waals surface area contributed by atoms with E-state index in [2.05, 4.69) is 0 Å². The maximum Gasteiger partial charge on any atom is 0.260 e. The van der Waals surface area contributed by atoms with Crippen LogP contribution in [0.3, 0.4) is 0 Å². The van der Waals surface area contributed by atoms with Crippen molar-refractivity contribution in [1.29, 1.82) is 0 Å². The van der Waals surface area contributed by atoms with Gasteiger partial charge in [-0.05, 0) is 24.3 Å². The smallest absolute Gasteiger partial charge is 0.260 e. The average Bonchev–Trinajstić information content (AvgIpc) is 2.41. The molecule has 2 aromatic carbocycles. The lowest BCUT2D eigenvalue weighted by molar-refractivity contribution is -1.05. The molecule has 0 spiro atoms. The number of hydrogen-bond acceptors (Lipinski definition) is 2. The van der Waals surface area contributed by atoms with E-state index in [-0.39, 0.29) is 9.70 Å². The second-order valence-corrected chi connectivity index (χ2v) is 3.68. The molecule has 0 atom stereocenters. The van der Waals surface area contributed by atoms with E-state index in [4.69, 9.17) is 0 Å². The summed E-state index contributed by atoms with van der Waals surface area (Å²) < 4.78 is 0. The van der Waals surface area contributed by atoms with Gasteiger partial charge in [-0.25, -0.2) is 0 Å².